The second kappa shape index (κ2) is 5.54. The smallest absolute Gasteiger partial charge is 0.274 e. The fraction of sp³-hybridized carbons (Fsp3) is 0.0667. The van der Waals surface area contributed by atoms with Crippen molar-refractivity contribution in [3.8, 4) is 0 Å². The van der Waals surface area contributed by atoms with E-state index in [0.717, 1.165) is 16.5 Å². The van der Waals surface area contributed by atoms with Gasteiger partial charge in [0.25, 0.3) is 5.91 Å². The van der Waals surface area contributed by atoms with Crippen LogP contribution >= 0.6 is 0 Å². The first-order valence-electron chi connectivity index (χ1n) is 6.22. The Balaban J connectivity index is 1.61. The van der Waals surface area contributed by atoms with E-state index in [-0.39, 0.29) is 5.91 Å². The molecule has 0 fully saturated rings. The Labute approximate surface area is 115 Å². The third-order valence-electron chi connectivity index (χ3n) is 2.95. The standard InChI is InChI=1S/C15H13N3O2/c19-15(18-20-10-11-4-2-1-3-5-11)12-6-7-13-9-16-17-14(13)8-12/h1-9H,10H2,(H,16,17)(H,18,19). The molecule has 100 valence electrons. The van der Waals surface area contributed by atoms with Crippen molar-refractivity contribution in [2.24, 2.45) is 0 Å². The van der Waals surface area contributed by atoms with E-state index in [4.69, 9.17) is 4.84 Å². The predicted molar refractivity (Wildman–Crippen MR) is 74.8 cm³/mol. The first-order valence-corrected chi connectivity index (χ1v) is 6.22. The molecule has 0 saturated heterocycles. The van der Waals surface area contributed by atoms with Crippen molar-refractivity contribution < 1.29 is 9.63 Å². The number of aromatic nitrogens is 2. The number of hydrogen-bond acceptors (Lipinski definition) is 3. The zero-order chi connectivity index (χ0) is 13.8. The van der Waals surface area contributed by atoms with Gasteiger partial charge in [-0.2, -0.15) is 5.10 Å². The van der Waals surface area contributed by atoms with Crippen molar-refractivity contribution in [1.29, 1.82) is 0 Å². The molecule has 0 saturated carbocycles. The molecule has 2 N–H and O–H groups in total. The van der Waals surface area contributed by atoms with Gasteiger partial charge in [-0.15, -0.1) is 0 Å². The van der Waals surface area contributed by atoms with Gasteiger partial charge < -0.3 is 0 Å². The monoisotopic (exact) mass is 267 g/mol. The minimum absolute atomic E-state index is 0.280. The van der Waals surface area contributed by atoms with Gasteiger partial charge in [-0.1, -0.05) is 36.4 Å². The van der Waals surface area contributed by atoms with Crippen LogP contribution < -0.4 is 5.48 Å². The summed E-state index contributed by atoms with van der Waals surface area (Å²) in [5.74, 6) is -0.280. The minimum atomic E-state index is -0.280. The summed E-state index contributed by atoms with van der Waals surface area (Å²) in [6, 6.07) is 15.0. The van der Waals surface area contributed by atoms with Crippen LogP contribution in [0, 0.1) is 0 Å². The van der Waals surface area contributed by atoms with E-state index < -0.39 is 0 Å². The third kappa shape index (κ3) is 2.67. The molecule has 20 heavy (non-hydrogen) atoms. The van der Waals surface area contributed by atoms with Gasteiger partial charge in [0.05, 0.1) is 18.3 Å². The Morgan fingerprint density at radius 3 is 2.90 bits per heavy atom. The number of rotatable bonds is 4. The number of nitrogens with one attached hydrogen (secondary N) is 2. The number of fused-ring (bicyclic) bond motifs is 1. The lowest BCUT2D eigenvalue weighted by Crippen LogP contribution is -2.23. The molecule has 2 aromatic carbocycles. The quantitative estimate of drug-likeness (QED) is 0.713. The molecule has 0 aliphatic heterocycles. The predicted octanol–water partition coefficient (Wildman–Crippen LogP) is 2.42. The lowest BCUT2D eigenvalue weighted by Gasteiger charge is -2.06. The van der Waals surface area contributed by atoms with E-state index in [0.29, 0.717) is 12.2 Å². The van der Waals surface area contributed by atoms with Gasteiger partial charge >= 0.3 is 0 Å². The average molecular weight is 267 g/mol. The van der Waals surface area contributed by atoms with Crippen molar-refractivity contribution in [3.05, 3.63) is 65.9 Å². The number of benzene rings is 2. The fourth-order valence-corrected chi connectivity index (χ4v) is 1.90. The first kappa shape index (κ1) is 12.4. The number of hydroxylamine groups is 1. The van der Waals surface area contributed by atoms with E-state index in [9.17, 15) is 4.79 Å². The summed E-state index contributed by atoms with van der Waals surface area (Å²) in [6.45, 7) is 0.332. The normalized spacial score (nSPS) is 10.6. The maximum Gasteiger partial charge on any atom is 0.274 e. The molecule has 0 spiro atoms. The van der Waals surface area contributed by atoms with Crippen molar-refractivity contribution in [1.82, 2.24) is 15.7 Å². The lowest BCUT2D eigenvalue weighted by atomic mass is 10.1. The molecule has 0 atom stereocenters. The number of nitrogens with zero attached hydrogens (tertiary/aromatic N) is 1. The number of aromatic amines is 1. The highest BCUT2D eigenvalue weighted by molar-refractivity contribution is 5.97. The summed E-state index contributed by atoms with van der Waals surface area (Å²) >= 11 is 0. The van der Waals surface area contributed by atoms with Crippen LogP contribution in [0.15, 0.2) is 54.7 Å². The molecule has 1 aromatic heterocycles. The van der Waals surface area contributed by atoms with Gasteiger partial charge in [0.2, 0.25) is 0 Å². The van der Waals surface area contributed by atoms with Gasteiger partial charge in [0.15, 0.2) is 0 Å². The topological polar surface area (TPSA) is 67.0 Å². The number of carbonyl (C=O) groups is 1. The van der Waals surface area contributed by atoms with Crippen molar-refractivity contribution in [2.75, 3.05) is 0 Å². The van der Waals surface area contributed by atoms with Gasteiger partial charge in [-0.25, -0.2) is 5.48 Å². The highest BCUT2D eigenvalue weighted by atomic mass is 16.6. The largest absolute Gasteiger partial charge is 0.278 e. The highest BCUT2D eigenvalue weighted by Crippen LogP contribution is 2.12. The molecule has 0 radical (unpaired) electrons. The van der Waals surface area contributed by atoms with Crippen LogP contribution in [-0.4, -0.2) is 16.1 Å². The Hall–Kier alpha value is -2.66. The molecule has 1 heterocycles. The van der Waals surface area contributed by atoms with E-state index in [2.05, 4.69) is 15.7 Å². The number of hydrogen-bond donors (Lipinski definition) is 2. The van der Waals surface area contributed by atoms with Crippen LogP contribution in [0.2, 0.25) is 0 Å². The highest BCUT2D eigenvalue weighted by Gasteiger charge is 2.07. The van der Waals surface area contributed by atoms with Crippen LogP contribution in [0.1, 0.15) is 15.9 Å². The number of H-pyrrole nitrogens is 1. The van der Waals surface area contributed by atoms with E-state index in [1.165, 1.54) is 0 Å². The summed E-state index contributed by atoms with van der Waals surface area (Å²) in [5.41, 5.74) is 4.77. The van der Waals surface area contributed by atoms with Crippen LogP contribution in [0.5, 0.6) is 0 Å². The summed E-state index contributed by atoms with van der Waals surface area (Å²) < 4.78 is 0. The molecule has 1 amide bonds. The minimum Gasteiger partial charge on any atom is -0.278 e. The number of carbonyl (C=O) groups excluding carboxylic acids is 1. The summed E-state index contributed by atoms with van der Waals surface area (Å²) in [4.78, 5) is 17.1. The molecule has 5 nitrogen and oxygen atoms in total. The van der Waals surface area contributed by atoms with Crippen molar-refractivity contribution >= 4 is 16.8 Å². The van der Waals surface area contributed by atoms with Gasteiger partial charge in [0.1, 0.15) is 0 Å². The zero-order valence-electron chi connectivity index (χ0n) is 10.7. The Morgan fingerprint density at radius 1 is 1.20 bits per heavy atom. The maximum absolute atomic E-state index is 11.9. The molecule has 0 unspecified atom stereocenters. The van der Waals surface area contributed by atoms with Crippen molar-refractivity contribution in [2.45, 2.75) is 6.61 Å². The van der Waals surface area contributed by atoms with E-state index in [1.54, 1.807) is 18.3 Å². The fourth-order valence-electron chi connectivity index (χ4n) is 1.90. The average Bonchev–Trinajstić information content (AvgIpc) is 2.95. The summed E-state index contributed by atoms with van der Waals surface area (Å²) in [6.07, 6.45) is 1.71. The van der Waals surface area contributed by atoms with Gasteiger partial charge in [-0.3, -0.25) is 14.7 Å². The van der Waals surface area contributed by atoms with Crippen molar-refractivity contribution in [3.63, 3.8) is 0 Å². The Bertz CT molecular complexity index is 722. The van der Waals surface area contributed by atoms with E-state index in [1.807, 2.05) is 36.4 Å². The Morgan fingerprint density at radius 2 is 2.05 bits per heavy atom. The molecule has 3 rings (SSSR count). The second-order valence-corrected chi connectivity index (χ2v) is 4.38. The van der Waals surface area contributed by atoms with Crippen LogP contribution in [-0.2, 0) is 11.4 Å². The molecule has 3 aromatic rings. The molecule has 5 heteroatoms. The third-order valence-corrected chi connectivity index (χ3v) is 2.95. The first-order chi connectivity index (χ1) is 9.83. The van der Waals surface area contributed by atoms with Crippen LogP contribution in [0.4, 0.5) is 0 Å². The van der Waals surface area contributed by atoms with Crippen LogP contribution in [0.25, 0.3) is 10.9 Å². The molecular formula is C15H13N3O2. The SMILES string of the molecule is O=C(NOCc1ccccc1)c1ccc2cn[nH]c2c1. The lowest BCUT2D eigenvalue weighted by molar-refractivity contribution is 0.0233. The Kier molecular flexibility index (Phi) is 3.43. The number of amides is 1. The van der Waals surface area contributed by atoms with Gasteiger partial charge in [0, 0.05) is 10.9 Å². The zero-order valence-corrected chi connectivity index (χ0v) is 10.7. The molecule has 0 aliphatic rings. The molecule has 0 bridgehead atoms. The van der Waals surface area contributed by atoms with E-state index >= 15 is 0 Å². The second-order valence-electron chi connectivity index (χ2n) is 4.38. The summed E-state index contributed by atoms with van der Waals surface area (Å²) in [5, 5.41) is 7.71. The molecular weight excluding hydrogens is 254 g/mol. The molecule has 0 aliphatic carbocycles. The summed E-state index contributed by atoms with van der Waals surface area (Å²) in [7, 11) is 0. The maximum atomic E-state index is 11.9. The van der Waals surface area contributed by atoms with Gasteiger partial charge in [-0.05, 0) is 17.7 Å². The van der Waals surface area contributed by atoms with Crippen LogP contribution in [0.3, 0.4) is 0 Å².